The lowest BCUT2D eigenvalue weighted by atomic mass is 10.1. The maximum Gasteiger partial charge on any atom is 0.0537 e. The first-order valence-electron chi connectivity index (χ1n) is 5.41. The van der Waals surface area contributed by atoms with Gasteiger partial charge in [0.25, 0.3) is 0 Å². The molecule has 0 aromatic carbocycles. The van der Waals surface area contributed by atoms with Crippen molar-refractivity contribution in [3.63, 3.8) is 0 Å². The maximum absolute atomic E-state index is 4.04. The second-order valence-electron chi connectivity index (χ2n) is 4.55. The second-order valence-corrected chi connectivity index (χ2v) is 4.55. The lowest BCUT2D eigenvalue weighted by Gasteiger charge is -2.12. The Morgan fingerprint density at radius 1 is 1.71 bits per heavy atom. The van der Waals surface area contributed by atoms with Crippen LogP contribution in [0.4, 0.5) is 0 Å². The number of H-pyrrole nitrogens is 1. The van der Waals surface area contributed by atoms with Crippen LogP contribution in [0.25, 0.3) is 0 Å². The highest BCUT2D eigenvalue weighted by atomic mass is 15.1. The van der Waals surface area contributed by atoms with Crippen molar-refractivity contribution in [2.45, 2.75) is 33.2 Å². The van der Waals surface area contributed by atoms with Gasteiger partial charge in [-0.2, -0.15) is 5.10 Å². The van der Waals surface area contributed by atoms with Crippen LogP contribution in [0.2, 0.25) is 0 Å². The lowest BCUT2D eigenvalue weighted by molar-refractivity contribution is 0.533. The molecular weight excluding hydrogens is 174 g/mol. The molecule has 0 radical (unpaired) electrons. The van der Waals surface area contributed by atoms with E-state index in [1.165, 1.54) is 17.7 Å². The van der Waals surface area contributed by atoms with Crippen LogP contribution >= 0.6 is 0 Å². The summed E-state index contributed by atoms with van der Waals surface area (Å²) in [6, 6.07) is 0.418. The number of rotatable bonds is 4. The van der Waals surface area contributed by atoms with Gasteiger partial charge in [0.1, 0.15) is 0 Å². The summed E-state index contributed by atoms with van der Waals surface area (Å²) >= 11 is 0. The van der Waals surface area contributed by atoms with Crippen molar-refractivity contribution in [2.75, 3.05) is 6.54 Å². The van der Waals surface area contributed by atoms with E-state index in [0.717, 1.165) is 18.4 Å². The highest BCUT2D eigenvalue weighted by Gasteiger charge is 2.32. The van der Waals surface area contributed by atoms with E-state index in [1.54, 1.807) is 0 Å². The van der Waals surface area contributed by atoms with Crippen molar-refractivity contribution in [1.82, 2.24) is 15.5 Å². The number of aryl methyl sites for hydroxylation is 1. The molecule has 0 spiro atoms. The van der Waals surface area contributed by atoms with Gasteiger partial charge in [0.15, 0.2) is 0 Å². The number of aromatic nitrogens is 2. The first kappa shape index (κ1) is 9.71. The fraction of sp³-hybridized carbons (Fsp3) is 0.727. The molecule has 0 saturated heterocycles. The molecule has 2 rings (SSSR count). The minimum atomic E-state index is 0.418. The monoisotopic (exact) mass is 193 g/mol. The van der Waals surface area contributed by atoms with E-state index in [-0.39, 0.29) is 0 Å². The Kier molecular flexibility index (Phi) is 2.59. The normalized spacial score (nSPS) is 27.6. The van der Waals surface area contributed by atoms with Crippen molar-refractivity contribution in [3.8, 4) is 0 Å². The van der Waals surface area contributed by atoms with Gasteiger partial charge >= 0.3 is 0 Å². The Morgan fingerprint density at radius 3 is 2.93 bits per heavy atom. The van der Waals surface area contributed by atoms with Gasteiger partial charge in [-0.15, -0.1) is 0 Å². The molecule has 1 aliphatic carbocycles. The van der Waals surface area contributed by atoms with Crippen LogP contribution in [0.15, 0.2) is 6.20 Å². The molecule has 1 aromatic heterocycles. The van der Waals surface area contributed by atoms with E-state index >= 15 is 0 Å². The molecule has 78 valence electrons. The van der Waals surface area contributed by atoms with E-state index in [1.807, 2.05) is 6.20 Å². The van der Waals surface area contributed by atoms with Gasteiger partial charge in [0, 0.05) is 17.3 Å². The van der Waals surface area contributed by atoms with Crippen molar-refractivity contribution >= 4 is 0 Å². The molecular formula is C11H19N3. The average molecular weight is 193 g/mol. The third-order valence-electron chi connectivity index (χ3n) is 3.30. The number of nitrogens with one attached hydrogen (secondary N) is 2. The molecule has 0 bridgehead atoms. The molecule has 1 fully saturated rings. The smallest absolute Gasteiger partial charge is 0.0537 e. The first-order chi connectivity index (χ1) is 6.68. The second kappa shape index (κ2) is 3.73. The van der Waals surface area contributed by atoms with Crippen LogP contribution in [0, 0.1) is 18.8 Å². The Morgan fingerprint density at radius 2 is 2.43 bits per heavy atom. The van der Waals surface area contributed by atoms with Gasteiger partial charge in [0.2, 0.25) is 0 Å². The van der Waals surface area contributed by atoms with Gasteiger partial charge in [-0.1, -0.05) is 6.92 Å². The molecule has 0 amide bonds. The van der Waals surface area contributed by atoms with Crippen molar-refractivity contribution < 1.29 is 0 Å². The summed E-state index contributed by atoms with van der Waals surface area (Å²) in [6.45, 7) is 7.73. The highest BCUT2D eigenvalue weighted by Crippen LogP contribution is 2.37. The quantitative estimate of drug-likeness (QED) is 0.768. The maximum atomic E-state index is 4.04. The Bertz CT molecular complexity index is 305. The molecule has 1 aliphatic rings. The van der Waals surface area contributed by atoms with Gasteiger partial charge in [-0.05, 0) is 38.6 Å². The summed E-state index contributed by atoms with van der Waals surface area (Å²) in [7, 11) is 0. The zero-order valence-electron chi connectivity index (χ0n) is 9.17. The molecule has 3 atom stereocenters. The summed E-state index contributed by atoms with van der Waals surface area (Å²) in [4.78, 5) is 0. The number of nitrogens with zero attached hydrogens (tertiary/aromatic N) is 1. The zero-order chi connectivity index (χ0) is 10.1. The molecule has 1 saturated carbocycles. The summed E-state index contributed by atoms with van der Waals surface area (Å²) in [5.74, 6) is 1.84. The molecule has 1 heterocycles. The Labute approximate surface area is 85.3 Å². The molecule has 0 aliphatic heterocycles. The van der Waals surface area contributed by atoms with Crippen LogP contribution in [-0.2, 0) is 0 Å². The summed E-state index contributed by atoms with van der Waals surface area (Å²) in [6.07, 6.45) is 3.31. The molecule has 3 unspecified atom stereocenters. The Hall–Kier alpha value is -0.830. The lowest BCUT2D eigenvalue weighted by Crippen LogP contribution is -2.21. The highest BCUT2D eigenvalue weighted by molar-refractivity contribution is 5.18. The molecule has 14 heavy (non-hydrogen) atoms. The van der Waals surface area contributed by atoms with E-state index in [2.05, 4.69) is 36.3 Å². The minimum Gasteiger partial charge on any atom is -0.310 e. The summed E-state index contributed by atoms with van der Waals surface area (Å²) in [5.41, 5.74) is 2.46. The predicted molar refractivity (Wildman–Crippen MR) is 57.0 cm³/mol. The van der Waals surface area contributed by atoms with E-state index < -0.39 is 0 Å². The van der Waals surface area contributed by atoms with Crippen LogP contribution in [0.5, 0.6) is 0 Å². The Balaban J connectivity index is 1.83. The molecule has 3 nitrogen and oxygen atoms in total. The average Bonchev–Trinajstić information content (AvgIpc) is 2.67. The minimum absolute atomic E-state index is 0.418. The van der Waals surface area contributed by atoms with Crippen molar-refractivity contribution in [2.24, 2.45) is 11.8 Å². The molecule has 3 heteroatoms. The third-order valence-corrected chi connectivity index (χ3v) is 3.30. The van der Waals surface area contributed by atoms with Crippen molar-refractivity contribution in [3.05, 3.63) is 17.5 Å². The van der Waals surface area contributed by atoms with Crippen LogP contribution in [-0.4, -0.2) is 16.7 Å². The summed E-state index contributed by atoms with van der Waals surface area (Å²) in [5, 5.41) is 10.6. The fourth-order valence-electron chi connectivity index (χ4n) is 1.92. The zero-order valence-corrected chi connectivity index (χ0v) is 9.17. The number of hydrogen-bond acceptors (Lipinski definition) is 2. The van der Waals surface area contributed by atoms with Gasteiger partial charge in [0.05, 0.1) is 6.20 Å². The fourth-order valence-corrected chi connectivity index (χ4v) is 1.92. The first-order valence-corrected chi connectivity index (χ1v) is 5.41. The third kappa shape index (κ3) is 1.98. The van der Waals surface area contributed by atoms with Gasteiger partial charge < -0.3 is 5.32 Å². The SMILES string of the molecule is Cc1[nH]ncc1C(C)NCC1CC1C. The molecule has 2 N–H and O–H groups in total. The van der Waals surface area contributed by atoms with Gasteiger partial charge in [-0.25, -0.2) is 0 Å². The number of hydrogen-bond donors (Lipinski definition) is 2. The largest absolute Gasteiger partial charge is 0.310 e. The van der Waals surface area contributed by atoms with E-state index in [9.17, 15) is 0 Å². The van der Waals surface area contributed by atoms with E-state index in [0.29, 0.717) is 6.04 Å². The topological polar surface area (TPSA) is 40.7 Å². The van der Waals surface area contributed by atoms with Crippen LogP contribution in [0.1, 0.15) is 37.6 Å². The van der Waals surface area contributed by atoms with Crippen LogP contribution < -0.4 is 5.32 Å². The predicted octanol–water partition coefficient (Wildman–Crippen LogP) is 2.02. The number of aromatic amines is 1. The van der Waals surface area contributed by atoms with Crippen LogP contribution in [0.3, 0.4) is 0 Å². The van der Waals surface area contributed by atoms with Gasteiger partial charge in [-0.3, -0.25) is 5.10 Å². The standard InChI is InChI=1S/C11H19N3/c1-7-4-10(7)5-12-8(2)11-6-13-14-9(11)3/h6-8,10,12H,4-5H2,1-3H3,(H,13,14). The summed E-state index contributed by atoms with van der Waals surface area (Å²) < 4.78 is 0. The van der Waals surface area contributed by atoms with Crippen molar-refractivity contribution in [1.29, 1.82) is 0 Å². The van der Waals surface area contributed by atoms with E-state index in [4.69, 9.17) is 0 Å². The molecule has 1 aromatic rings.